The number of carbonyl (C=O) groups excluding carboxylic acids is 1. The Kier molecular flexibility index (Phi) is 3.56. The summed E-state index contributed by atoms with van der Waals surface area (Å²) in [4.78, 5) is 20.4. The molecule has 9 heteroatoms. The molecule has 138 valence electrons. The van der Waals surface area contributed by atoms with Crippen molar-refractivity contribution in [2.75, 3.05) is 31.1 Å². The van der Waals surface area contributed by atoms with Crippen molar-refractivity contribution in [3.63, 3.8) is 0 Å². The van der Waals surface area contributed by atoms with E-state index >= 15 is 0 Å². The molecule has 0 saturated carbocycles. The standard InChI is InChI=1S/C18H18FN7O/c1-11-21-22-16-2-3-17(23-26(11)16)24-7-13-9-25(10-14(13)8-24)18(27)12-4-15(19)6-20-5-12/h2-6,13-14H,7-10H2,1H3. The lowest BCUT2D eigenvalue weighted by atomic mass is 10.0. The summed E-state index contributed by atoms with van der Waals surface area (Å²) >= 11 is 0. The minimum atomic E-state index is -0.489. The first kappa shape index (κ1) is 16.1. The first-order valence-electron chi connectivity index (χ1n) is 8.92. The highest BCUT2D eigenvalue weighted by molar-refractivity contribution is 5.94. The quantitative estimate of drug-likeness (QED) is 0.677. The molecule has 0 aromatic carbocycles. The third-order valence-corrected chi connectivity index (χ3v) is 5.45. The van der Waals surface area contributed by atoms with Gasteiger partial charge in [0.2, 0.25) is 0 Å². The monoisotopic (exact) mass is 367 g/mol. The Bertz CT molecular complexity index is 1020. The summed E-state index contributed by atoms with van der Waals surface area (Å²) in [5, 5.41) is 12.7. The van der Waals surface area contributed by atoms with E-state index < -0.39 is 5.82 Å². The fourth-order valence-electron chi connectivity index (χ4n) is 4.11. The minimum Gasteiger partial charge on any atom is -0.354 e. The first-order valence-corrected chi connectivity index (χ1v) is 8.92. The van der Waals surface area contributed by atoms with Crippen LogP contribution in [0.3, 0.4) is 0 Å². The van der Waals surface area contributed by atoms with Crippen LogP contribution in [0.25, 0.3) is 5.65 Å². The molecule has 8 nitrogen and oxygen atoms in total. The minimum absolute atomic E-state index is 0.150. The molecule has 0 spiro atoms. The lowest BCUT2D eigenvalue weighted by Crippen LogP contribution is -2.33. The average molecular weight is 367 g/mol. The first-order chi connectivity index (χ1) is 13.1. The Hall–Kier alpha value is -3.10. The van der Waals surface area contributed by atoms with Gasteiger partial charge in [-0.1, -0.05) is 0 Å². The van der Waals surface area contributed by atoms with Gasteiger partial charge in [0.1, 0.15) is 11.6 Å². The fraction of sp³-hybridized carbons (Fsp3) is 0.389. The third kappa shape index (κ3) is 2.70. The number of rotatable bonds is 2. The topological polar surface area (TPSA) is 79.5 Å². The number of pyridine rings is 1. The molecule has 27 heavy (non-hydrogen) atoms. The van der Waals surface area contributed by atoms with Crippen molar-refractivity contribution in [2.45, 2.75) is 6.92 Å². The predicted octanol–water partition coefficient (Wildman–Crippen LogP) is 1.18. The maximum Gasteiger partial charge on any atom is 0.255 e. The molecule has 2 aliphatic heterocycles. The van der Waals surface area contributed by atoms with Crippen molar-refractivity contribution in [3.8, 4) is 0 Å². The van der Waals surface area contributed by atoms with E-state index in [1.807, 2.05) is 24.0 Å². The number of amides is 1. The number of aryl methyl sites for hydroxylation is 1. The van der Waals surface area contributed by atoms with Crippen molar-refractivity contribution in [1.82, 2.24) is 29.7 Å². The van der Waals surface area contributed by atoms with Gasteiger partial charge in [0.25, 0.3) is 5.91 Å². The Morgan fingerprint density at radius 1 is 1.11 bits per heavy atom. The van der Waals surface area contributed by atoms with Gasteiger partial charge in [-0.25, -0.2) is 4.39 Å². The molecule has 2 saturated heterocycles. The van der Waals surface area contributed by atoms with E-state index in [2.05, 4.69) is 25.2 Å². The Morgan fingerprint density at radius 3 is 2.63 bits per heavy atom. The van der Waals surface area contributed by atoms with Crippen LogP contribution < -0.4 is 4.90 Å². The van der Waals surface area contributed by atoms with Crippen LogP contribution in [-0.2, 0) is 0 Å². The number of aromatic nitrogens is 5. The summed E-state index contributed by atoms with van der Waals surface area (Å²) in [6.45, 7) is 4.90. The maximum absolute atomic E-state index is 13.3. The van der Waals surface area contributed by atoms with E-state index in [0.29, 0.717) is 30.5 Å². The summed E-state index contributed by atoms with van der Waals surface area (Å²) < 4.78 is 15.1. The summed E-state index contributed by atoms with van der Waals surface area (Å²) in [6.07, 6.45) is 2.53. The molecule has 0 radical (unpaired) electrons. The molecular formula is C18H18FN7O. The van der Waals surface area contributed by atoms with Crippen LogP contribution in [0.1, 0.15) is 16.2 Å². The van der Waals surface area contributed by atoms with Gasteiger partial charge in [-0.15, -0.1) is 15.3 Å². The van der Waals surface area contributed by atoms with Crippen LogP contribution in [0.15, 0.2) is 30.6 Å². The second-order valence-corrected chi connectivity index (χ2v) is 7.24. The molecule has 1 amide bonds. The summed E-state index contributed by atoms with van der Waals surface area (Å²) in [5.74, 6) is 1.78. The fourth-order valence-corrected chi connectivity index (χ4v) is 4.11. The number of fused-ring (bicyclic) bond motifs is 2. The van der Waals surface area contributed by atoms with Gasteiger partial charge in [-0.3, -0.25) is 9.78 Å². The Balaban J connectivity index is 1.30. The van der Waals surface area contributed by atoms with Crippen molar-refractivity contribution < 1.29 is 9.18 Å². The Morgan fingerprint density at radius 2 is 1.89 bits per heavy atom. The molecule has 3 aromatic rings. The zero-order chi connectivity index (χ0) is 18.5. The number of carbonyl (C=O) groups is 1. The van der Waals surface area contributed by atoms with E-state index in [1.165, 1.54) is 12.3 Å². The highest BCUT2D eigenvalue weighted by Crippen LogP contribution is 2.34. The number of halogens is 1. The normalized spacial score (nSPS) is 21.9. The molecule has 2 aliphatic rings. The van der Waals surface area contributed by atoms with Gasteiger partial charge in [0.15, 0.2) is 11.5 Å². The molecule has 2 unspecified atom stereocenters. The second kappa shape index (κ2) is 5.97. The van der Waals surface area contributed by atoms with Gasteiger partial charge in [-0.05, 0) is 25.1 Å². The largest absolute Gasteiger partial charge is 0.354 e. The number of likely N-dealkylation sites (tertiary alicyclic amines) is 1. The molecule has 2 fully saturated rings. The van der Waals surface area contributed by atoms with Gasteiger partial charge in [0.05, 0.1) is 11.8 Å². The van der Waals surface area contributed by atoms with Crippen molar-refractivity contribution in [2.24, 2.45) is 11.8 Å². The van der Waals surface area contributed by atoms with Gasteiger partial charge < -0.3 is 9.80 Å². The van der Waals surface area contributed by atoms with E-state index in [-0.39, 0.29) is 5.91 Å². The van der Waals surface area contributed by atoms with Crippen molar-refractivity contribution in [1.29, 1.82) is 0 Å². The molecule has 5 heterocycles. The van der Waals surface area contributed by atoms with Gasteiger partial charge >= 0.3 is 0 Å². The molecule has 0 aliphatic carbocycles. The molecule has 3 aromatic heterocycles. The van der Waals surface area contributed by atoms with Crippen molar-refractivity contribution >= 4 is 17.4 Å². The van der Waals surface area contributed by atoms with Crippen LogP contribution in [0, 0.1) is 24.6 Å². The summed E-state index contributed by atoms with van der Waals surface area (Å²) in [7, 11) is 0. The van der Waals surface area contributed by atoms with E-state index in [4.69, 9.17) is 0 Å². The molecule has 2 atom stereocenters. The average Bonchev–Trinajstić information content (AvgIpc) is 3.34. The van der Waals surface area contributed by atoms with E-state index in [0.717, 1.165) is 36.6 Å². The second-order valence-electron chi connectivity index (χ2n) is 7.24. The number of hydrogen-bond acceptors (Lipinski definition) is 6. The number of anilines is 1. The smallest absolute Gasteiger partial charge is 0.255 e. The van der Waals surface area contributed by atoms with Gasteiger partial charge in [-0.2, -0.15) is 4.52 Å². The SMILES string of the molecule is Cc1nnc2ccc(N3CC4CN(C(=O)c5cncc(F)c5)CC4C3)nn12. The predicted molar refractivity (Wildman–Crippen MR) is 94.8 cm³/mol. The van der Waals surface area contributed by atoms with Crippen molar-refractivity contribution in [3.05, 3.63) is 47.8 Å². The van der Waals surface area contributed by atoms with Crippen LogP contribution in [0.2, 0.25) is 0 Å². The highest BCUT2D eigenvalue weighted by Gasteiger charge is 2.42. The zero-order valence-electron chi connectivity index (χ0n) is 14.8. The van der Waals surface area contributed by atoms with Crippen LogP contribution in [0.5, 0.6) is 0 Å². The van der Waals surface area contributed by atoms with Gasteiger partial charge in [0, 0.05) is 44.2 Å². The number of nitrogens with zero attached hydrogens (tertiary/aromatic N) is 7. The third-order valence-electron chi connectivity index (χ3n) is 5.45. The Labute approximate surface area is 154 Å². The summed E-state index contributed by atoms with van der Waals surface area (Å²) in [5.41, 5.74) is 1.04. The molecule has 5 rings (SSSR count). The number of hydrogen-bond donors (Lipinski definition) is 0. The maximum atomic E-state index is 13.3. The van der Waals surface area contributed by atoms with Crippen LogP contribution >= 0.6 is 0 Å². The summed E-state index contributed by atoms with van der Waals surface area (Å²) in [6, 6.07) is 5.13. The molecular weight excluding hydrogens is 349 g/mol. The lowest BCUT2D eigenvalue weighted by molar-refractivity contribution is 0.0781. The van der Waals surface area contributed by atoms with Crippen LogP contribution in [-0.4, -0.2) is 61.8 Å². The lowest BCUT2D eigenvalue weighted by Gasteiger charge is -2.22. The molecule has 0 bridgehead atoms. The zero-order valence-corrected chi connectivity index (χ0v) is 14.8. The van der Waals surface area contributed by atoms with E-state index in [9.17, 15) is 9.18 Å². The van der Waals surface area contributed by atoms with E-state index in [1.54, 1.807) is 4.52 Å². The van der Waals surface area contributed by atoms with Crippen LogP contribution in [0.4, 0.5) is 10.2 Å². The highest BCUT2D eigenvalue weighted by atomic mass is 19.1. The molecule has 0 N–H and O–H groups in total.